The van der Waals surface area contributed by atoms with Gasteiger partial charge in [0.1, 0.15) is 5.75 Å². The standard InChI is InChI=1S/C21H22BrNO3/c1-4-10-26-21-19(22)12-15(13-20(21)25-5-2)11-17(14-23)16-6-8-18(24-3)9-7-16/h6-9,11-13H,4-5,10H2,1-3H3/b17-11+. The van der Waals surface area contributed by atoms with Gasteiger partial charge in [0.05, 0.1) is 36.4 Å². The van der Waals surface area contributed by atoms with Crippen molar-refractivity contribution in [2.45, 2.75) is 20.3 Å². The van der Waals surface area contributed by atoms with E-state index in [0.717, 1.165) is 27.8 Å². The van der Waals surface area contributed by atoms with Crippen molar-refractivity contribution in [3.63, 3.8) is 0 Å². The Morgan fingerprint density at radius 2 is 1.88 bits per heavy atom. The molecule has 26 heavy (non-hydrogen) atoms. The van der Waals surface area contributed by atoms with Crippen LogP contribution in [0.1, 0.15) is 31.4 Å². The van der Waals surface area contributed by atoms with E-state index in [4.69, 9.17) is 14.2 Å². The first-order chi connectivity index (χ1) is 12.6. The minimum atomic E-state index is 0.533. The van der Waals surface area contributed by atoms with E-state index < -0.39 is 0 Å². The molecular formula is C21H22BrNO3. The van der Waals surface area contributed by atoms with Gasteiger partial charge in [0.2, 0.25) is 0 Å². The van der Waals surface area contributed by atoms with Gasteiger partial charge in [0.15, 0.2) is 11.5 Å². The number of ether oxygens (including phenoxy) is 3. The second-order valence-corrected chi connectivity index (χ2v) is 6.36. The summed E-state index contributed by atoms with van der Waals surface area (Å²) in [6.07, 6.45) is 2.74. The summed E-state index contributed by atoms with van der Waals surface area (Å²) in [5.41, 5.74) is 2.24. The molecule has 5 heteroatoms. The van der Waals surface area contributed by atoms with Gasteiger partial charge in [-0.3, -0.25) is 0 Å². The third-order valence-electron chi connectivity index (χ3n) is 3.61. The zero-order chi connectivity index (χ0) is 18.9. The SMILES string of the molecule is CCCOc1c(Br)cc(/C=C(\C#N)c2ccc(OC)cc2)cc1OCC. The third kappa shape index (κ3) is 5.03. The lowest BCUT2D eigenvalue weighted by atomic mass is 10.0. The van der Waals surface area contributed by atoms with Gasteiger partial charge in [-0.15, -0.1) is 0 Å². The molecule has 0 saturated carbocycles. The average Bonchev–Trinajstić information content (AvgIpc) is 2.66. The number of allylic oxidation sites excluding steroid dienone is 1. The fraction of sp³-hybridized carbons (Fsp3) is 0.286. The maximum absolute atomic E-state index is 9.56. The summed E-state index contributed by atoms with van der Waals surface area (Å²) in [7, 11) is 1.62. The van der Waals surface area contributed by atoms with Gasteiger partial charge in [-0.05, 0) is 82.9 Å². The Kier molecular flexibility index (Phi) is 7.55. The van der Waals surface area contributed by atoms with Crippen LogP contribution in [0.3, 0.4) is 0 Å². The van der Waals surface area contributed by atoms with E-state index in [1.165, 1.54) is 0 Å². The first kappa shape index (κ1) is 19.9. The predicted octanol–water partition coefficient (Wildman–Crippen LogP) is 5.71. The summed E-state index contributed by atoms with van der Waals surface area (Å²) >= 11 is 3.55. The van der Waals surface area contributed by atoms with Crippen molar-refractivity contribution < 1.29 is 14.2 Å². The van der Waals surface area contributed by atoms with Gasteiger partial charge < -0.3 is 14.2 Å². The zero-order valence-corrected chi connectivity index (χ0v) is 16.8. The summed E-state index contributed by atoms with van der Waals surface area (Å²) in [5.74, 6) is 2.10. The zero-order valence-electron chi connectivity index (χ0n) is 15.2. The summed E-state index contributed by atoms with van der Waals surface area (Å²) in [6.45, 7) is 5.13. The number of halogens is 1. The molecule has 0 unspecified atom stereocenters. The van der Waals surface area contributed by atoms with Crippen LogP contribution in [0.25, 0.3) is 11.6 Å². The molecule has 0 aliphatic heterocycles. The monoisotopic (exact) mass is 415 g/mol. The van der Waals surface area contributed by atoms with E-state index in [2.05, 4.69) is 28.9 Å². The van der Waals surface area contributed by atoms with Crippen molar-refractivity contribution in [2.75, 3.05) is 20.3 Å². The molecule has 0 aliphatic rings. The highest BCUT2D eigenvalue weighted by Gasteiger charge is 2.12. The predicted molar refractivity (Wildman–Crippen MR) is 108 cm³/mol. The maximum atomic E-state index is 9.56. The Hall–Kier alpha value is -2.45. The second kappa shape index (κ2) is 9.88. The van der Waals surface area contributed by atoms with Gasteiger partial charge in [0.25, 0.3) is 0 Å². The van der Waals surface area contributed by atoms with Gasteiger partial charge in [-0.25, -0.2) is 0 Å². The van der Waals surface area contributed by atoms with Crippen LogP contribution < -0.4 is 14.2 Å². The van der Waals surface area contributed by atoms with Crippen LogP contribution in [0.4, 0.5) is 0 Å². The molecule has 0 bridgehead atoms. The fourth-order valence-electron chi connectivity index (χ4n) is 2.40. The summed E-state index contributed by atoms with van der Waals surface area (Å²) in [6, 6.07) is 13.5. The van der Waals surface area contributed by atoms with Crippen molar-refractivity contribution in [3.05, 3.63) is 52.0 Å². The number of nitriles is 1. The molecule has 0 amide bonds. The van der Waals surface area contributed by atoms with E-state index in [1.807, 2.05) is 49.4 Å². The second-order valence-electron chi connectivity index (χ2n) is 5.51. The molecule has 0 saturated heterocycles. The van der Waals surface area contributed by atoms with Crippen molar-refractivity contribution in [3.8, 4) is 23.3 Å². The molecule has 4 nitrogen and oxygen atoms in total. The molecule has 0 aromatic heterocycles. The lowest BCUT2D eigenvalue weighted by molar-refractivity contribution is 0.275. The number of rotatable bonds is 8. The van der Waals surface area contributed by atoms with Crippen LogP contribution in [-0.2, 0) is 0 Å². The molecule has 0 heterocycles. The van der Waals surface area contributed by atoms with E-state index in [1.54, 1.807) is 7.11 Å². The van der Waals surface area contributed by atoms with Crippen LogP contribution >= 0.6 is 15.9 Å². The minimum absolute atomic E-state index is 0.533. The first-order valence-electron chi connectivity index (χ1n) is 8.48. The molecule has 2 aromatic carbocycles. The van der Waals surface area contributed by atoms with Crippen LogP contribution in [-0.4, -0.2) is 20.3 Å². The molecule has 0 atom stereocenters. The van der Waals surface area contributed by atoms with Crippen molar-refractivity contribution >= 4 is 27.6 Å². The Morgan fingerprint density at radius 1 is 1.15 bits per heavy atom. The Morgan fingerprint density at radius 3 is 2.46 bits per heavy atom. The number of benzene rings is 2. The largest absolute Gasteiger partial charge is 0.497 e. The number of methoxy groups -OCH3 is 1. The van der Waals surface area contributed by atoms with Crippen LogP contribution in [0.15, 0.2) is 40.9 Å². The first-order valence-corrected chi connectivity index (χ1v) is 9.27. The molecule has 0 fully saturated rings. The molecular weight excluding hydrogens is 394 g/mol. The molecule has 2 aromatic rings. The summed E-state index contributed by atoms with van der Waals surface area (Å²) < 4.78 is 17.5. The summed E-state index contributed by atoms with van der Waals surface area (Å²) in [4.78, 5) is 0. The molecule has 0 N–H and O–H groups in total. The lowest BCUT2D eigenvalue weighted by Gasteiger charge is -2.14. The topological polar surface area (TPSA) is 51.5 Å². The Labute approximate surface area is 163 Å². The smallest absolute Gasteiger partial charge is 0.175 e. The molecule has 0 spiro atoms. The van der Waals surface area contributed by atoms with Gasteiger partial charge >= 0.3 is 0 Å². The Balaban J connectivity index is 2.41. The van der Waals surface area contributed by atoms with E-state index >= 15 is 0 Å². The highest BCUT2D eigenvalue weighted by atomic mass is 79.9. The minimum Gasteiger partial charge on any atom is -0.497 e. The van der Waals surface area contributed by atoms with Gasteiger partial charge in [0, 0.05) is 0 Å². The van der Waals surface area contributed by atoms with Crippen LogP contribution in [0.2, 0.25) is 0 Å². The van der Waals surface area contributed by atoms with Crippen LogP contribution in [0.5, 0.6) is 17.2 Å². The van der Waals surface area contributed by atoms with E-state index in [9.17, 15) is 5.26 Å². The fourth-order valence-corrected chi connectivity index (χ4v) is 2.97. The van der Waals surface area contributed by atoms with Crippen molar-refractivity contribution in [1.29, 1.82) is 5.26 Å². The van der Waals surface area contributed by atoms with E-state index in [0.29, 0.717) is 30.3 Å². The molecule has 136 valence electrons. The van der Waals surface area contributed by atoms with Crippen molar-refractivity contribution in [2.24, 2.45) is 0 Å². The molecule has 0 radical (unpaired) electrons. The van der Waals surface area contributed by atoms with E-state index in [-0.39, 0.29) is 0 Å². The third-order valence-corrected chi connectivity index (χ3v) is 4.20. The summed E-state index contributed by atoms with van der Waals surface area (Å²) in [5, 5.41) is 9.56. The normalized spacial score (nSPS) is 11.0. The maximum Gasteiger partial charge on any atom is 0.175 e. The van der Waals surface area contributed by atoms with Crippen LogP contribution in [0, 0.1) is 11.3 Å². The Bertz CT molecular complexity index is 807. The number of hydrogen-bond donors (Lipinski definition) is 0. The number of hydrogen-bond acceptors (Lipinski definition) is 4. The van der Waals surface area contributed by atoms with Crippen molar-refractivity contribution in [1.82, 2.24) is 0 Å². The molecule has 2 rings (SSSR count). The lowest BCUT2D eigenvalue weighted by Crippen LogP contribution is -2.01. The highest BCUT2D eigenvalue weighted by molar-refractivity contribution is 9.10. The highest BCUT2D eigenvalue weighted by Crippen LogP contribution is 2.38. The molecule has 0 aliphatic carbocycles. The van der Waals surface area contributed by atoms with Gasteiger partial charge in [-0.2, -0.15) is 5.26 Å². The average molecular weight is 416 g/mol. The number of nitrogens with zero attached hydrogens (tertiary/aromatic N) is 1. The van der Waals surface area contributed by atoms with Gasteiger partial charge in [-0.1, -0.05) is 6.92 Å². The quantitative estimate of drug-likeness (QED) is 0.409.